The molecule has 2 N–H and O–H groups in total. The Labute approximate surface area is 168 Å². The van der Waals surface area contributed by atoms with Crippen LogP contribution >= 0.6 is 0 Å². The molecule has 0 saturated heterocycles. The third-order valence-electron chi connectivity index (χ3n) is 2.26. The van der Waals surface area contributed by atoms with Gasteiger partial charge < -0.3 is 21.4 Å². The molecule has 0 unspecified atom stereocenters. The summed E-state index contributed by atoms with van der Waals surface area (Å²) in [6.07, 6.45) is -0.775. The SMILES string of the molecule is [2H]NC(=O)OCC(C)(COC(C)(C)C)COC(C)(C)C.[H-].[K+]. The molecule has 5 nitrogen and oxygen atoms in total. The largest absolute Gasteiger partial charge is 1.00 e. The summed E-state index contributed by atoms with van der Waals surface area (Å²) in [6.45, 7) is 14.7. The van der Waals surface area contributed by atoms with Crippen molar-refractivity contribution in [1.29, 1.82) is 0 Å². The molecular formula is C14H30KNO4. The first-order valence-corrected chi connectivity index (χ1v) is 6.49. The van der Waals surface area contributed by atoms with Crippen molar-refractivity contribution < 1.29 is 73.2 Å². The van der Waals surface area contributed by atoms with Crippen LogP contribution in [0.1, 0.15) is 49.9 Å². The number of rotatable bonds is 6. The van der Waals surface area contributed by atoms with Crippen molar-refractivity contribution in [2.75, 3.05) is 19.8 Å². The molecule has 116 valence electrons. The molecule has 0 aromatic heterocycles. The standard InChI is InChI=1S/C14H29NO4.K.H/c1-12(2,3)18-9-14(7,8-17-11(15)16)10-19-13(4,5)6;;/h8-10H2,1-7H3,(H2,15,16);;/q;+1;-1/i/hD. The van der Waals surface area contributed by atoms with Crippen molar-refractivity contribution in [2.45, 2.75) is 59.7 Å². The summed E-state index contributed by atoms with van der Waals surface area (Å²) in [7, 11) is 0. The summed E-state index contributed by atoms with van der Waals surface area (Å²) >= 11 is 0. The van der Waals surface area contributed by atoms with E-state index in [1.807, 2.05) is 48.5 Å². The summed E-state index contributed by atoms with van der Waals surface area (Å²) in [5, 5.41) is 0. The van der Waals surface area contributed by atoms with E-state index in [-0.39, 0.29) is 70.6 Å². The fourth-order valence-electron chi connectivity index (χ4n) is 1.15. The summed E-state index contributed by atoms with van der Waals surface area (Å²) in [6, 6.07) is 0. The van der Waals surface area contributed by atoms with Crippen LogP contribution in [0, 0.1) is 5.41 Å². The van der Waals surface area contributed by atoms with Gasteiger partial charge in [0.05, 0.1) is 24.4 Å². The number of hydrogen-bond acceptors (Lipinski definition) is 4. The molecule has 6 heteroatoms. The predicted molar refractivity (Wildman–Crippen MR) is 76.2 cm³/mol. The van der Waals surface area contributed by atoms with Gasteiger partial charge in [0.15, 0.2) is 1.41 Å². The number of carbonyl (C=O) groups excluding carboxylic acids is 1. The predicted octanol–water partition coefficient (Wildman–Crippen LogP) is -0.165. The monoisotopic (exact) mass is 316 g/mol. The van der Waals surface area contributed by atoms with E-state index in [0.717, 1.165) is 0 Å². The van der Waals surface area contributed by atoms with Crippen LogP contribution in [0.25, 0.3) is 0 Å². The van der Waals surface area contributed by atoms with Gasteiger partial charge in [0.2, 0.25) is 0 Å². The first kappa shape index (κ1) is 20.8. The Morgan fingerprint density at radius 3 is 1.70 bits per heavy atom. The molecule has 0 aromatic rings. The minimum Gasteiger partial charge on any atom is -1.00 e. The maximum Gasteiger partial charge on any atom is 1.00 e. The fourth-order valence-corrected chi connectivity index (χ4v) is 1.15. The van der Waals surface area contributed by atoms with Gasteiger partial charge in [-0.25, -0.2) is 4.79 Å². The Morgan fingerprint density at radius 1 is 1.00 bits per heavy atom. The minimum absolute atomic E-state index is 0. The van der Waals surface area contributed by atoms with Gasteiger partial charge in [-0.15, -0.1) is 0 Å². The van der Waals surface area contributed by atoms with Gasteiger partial charge in [0.1, 0.15) is 6.61 Å². The van der Waals surface area contributed by atoms with Crippen LogP contribution in [0.4, 0.5) is 4.79 Å². The van der Waals surface area contributed by atoms with Crippen molar-refractivity contribution in [1.82, 2.24) is 0 Å². The van der Waals surface area contributed by atoms with Crippen LogP contribution in [-0.2, 0) is 14.2 Å². The molecule has 0 spiro atoms. The molecule has 0 atom stereocenters. The van der Waals surface area contributed by atoms with Crippen molar-refractivity contribution >= 4 is 6.09 Å². The molecule has 0 heterocycles. The number of hydrogen-bond donors (Lipinski definition) is 1. The molecule has 0 saturated carbocycles. The summed E-state index contributed by atoms with van der Waals surface area (Å²) in [5.74, 6) is 0. The van der Waals surface area contributed by atoms with E-state index in [1.54, 1.807) is 5.73 Å². The van der Waals surface area contributed by atoms with Crippen LogP contribution in [0.2, 0.25) is 1.41 Å². The Bertz CT molecular complexity index is 299. The van der Waals surface area contributed by atoms with Gasteiger partial charge in [0.25, 0.3) is 0 Å². The Kier molecular flexibility index (Phi) is 9.45. The summed E-state index contributed by atoms with van der Waals surface area (Å²) < 4.78 is 23.3. The second-order valence-corrected chi connectivity index (χ2v) is 7.19. The van der Waals surface area contributed by atoms with Crippen LogP contribution in [-0.4, -0.2) is 37.1 Å². The number of ether oxygens (including phenoxy) is 3. The third kappa shape index (κ3) is 13.8. The molecule has 0 radical (unpaired) electrons. The maximum absolute atomic E-state index is 11.1. The van der Waals surface area contributed by atoms with Crippen molar-refractivity contribution in [3.8, 4) is 0 Å². The van der Waals surface area contributed by atoms with Crippen LogP contribution in [0.5, 0.6) is 0 Å². The first-order valence-electron chi connectivity index (χ1n) is 6.99. The van der Waals surface area contributed by atoms with E-state index in [9.17, 15) is 4.79 Å². The van der Waals surface area contributed by atoms with Crippen LogP contribution in [0.3, 0.4) is 0 Å². The van der Waals surface area contributed by atoms with E-state index in [4.69, 9.17) is 15.6 Å². The van der Waals surface area contributed by atoms with E-state index in [1.165, 1.54) is 0 Å². The fraction of sp³-hybridized carbons (Fsp3) is 0.929. The zero-order valence-corrected chi connectivity index (χ0v) is 17.4. The molecule has 0 aromatic carbocycles. The zero-order valence-electron chi connectivity index (χ0n) is 16.3. The Morgan fingerprint density at radius 2 is 1.40 bits per heavy atom. The zero-order chi connectivity index (χ0) is 16.0. The average molecular weight is 317 g/mol. The first-order chi connectivity index (χ1) is 8.87. The van der Waals surface area contributed by atoms with Crippen molar-refractivity contribution in [3.63, 3.8) is 0 Å². The van der Waals surface area contributed by atoms with Crippen LogP contribution < -0.4 is 57.1 Å². The second-order valence-electron chi connectivity index (χ2n) is 7.19. The number of carbonyl (C=O) groups is 1. The minimum atomic E-state index is -0.775. The van der Waals surface area contributed by atoms with E-state index in [0.29, 0.717) is 13.2 Å². The van der Waals surface area contributed by atoms with Crippen molar-refractivity contribution in [3.05, 3.63) is 0 Å². The molecular weight excluding hydrogens is 285 g/mol. The third-order valence-corrected chi connectivity index (χ3v) is 2.26. The van der Waals surface area contributed by atoms with Gasteiger partial charge in [0, 0.05) is 5.41 Å². The summed E-state index contributed by atoms with van der Waals surface area (Å²) in [4.78, 5) is 11.1. The Balaban J connectivity index is -0.00000180. The van der Waals surface area contributed by atoms with E-state index >= 15 is 0 Å². The van der Waals surface area contributed by atoms with Crippen LogP contribution in [0.15, 0.2) is 0 Å². The van der Waals surface area contributed by atoms with Gasteiger partial charge in [-0.3, -0.25) is 0 Å². The summed E-state index contributed by atoms with van der Waals surface area (Å²) in [5.41, 5.74) is 0.670. The number of amides is 1. The van der Waals surface area contributed by atoms with Gasteiger partial charge in [-0.05, 0) is 41.5 Å². The quantitative estimate of drug-likeness (QED) is 0.691. The molecule has 1 amide bonds. The molecule has 20 heavy (non-hydrogen) atoms. The number of primary amides is 1. The molecule has 0 aliphatic rings. The average Bonchev–Trinajstić information content (AvgIpc) is 2.30. The molecule has 0 fully saturated rings. The van der Waals surface area contributed by atoms with Gasteiger partial charge in [-0.1, -0.05) is 6.92 Å². The smallest absolute Gasteiger partial charge is 1.00 e. The van der Waals surface area contributed by atoms with Crippen molar-refractivity contribution in [2.24, 2.45) is 11.1 Å². The van der Waals surface area contributed by atoms with Gasteiger partial charge in [-0.2, -0.15) is 0 Å². The molecule has 0 aliphatic carbocycles. The van der Waals surface area contributed by atoms with E-state index < -0.39 is 11.5 Å². The normalized spacial score (nSPS) is 13.2. The molecule has 0 rings (SSSR count). The maximum atomic E-state index is 11.1. The second kappa shape index (κ2) is 9.08. The van der Waals surface area contributed by atoms with E-state index in [2.05, 4.69) is 0 Å². The Hall–Kier alpha value is 0.826. The molecule has 0 bridgehead atoms. The topological polar surface area (TPSA) is 70.8 Å². The van der Waals surface area contributed by atoms with Gasteiger partial charge >= 0.3 is 57.5 Å². The molecule has 0 aliphatic heterocycles. The number of nitrogens with two attached hydrogens (primary N) is 1.